The number of anilines is 1. The van der Waals surface area contributed by atoms with Crippen LogP contribution in [0.2, 0.25) is 10.0 Å². The van der Waals surface area contributed by atoms with E-state index in [9.17, 15) is 10.2 Å². The zero-order valence-corrected chi connectivity index (χ0v) is 12.2. The van der Waals surface area contributed by atoms with Crippen LogP contribution in [0.15, 0.2) is 30.3 Å². The molecule has 0 aliphatic rings. The number of benzene rings is 2. The van der Waals surface area contributed by atoms with Crippen LogP contribution in [0.3, 0.4) is 0 Å². The number of hydrogen-bond donors (Lipinski definition) is 3. The maximum atomic E-state index is 9.84. The fourth-order valence-corrected chi connectivity index (χ4v) is 2.29. The van der Waals surface area contributed by atoms with Gasteiger partial charge >= 0.3 is 0 Å². The van der Waals surface area contributed by atoms with Crippen LogP contribution in [0.25, 0.3) is 0 Å². The fraction of sp³-hybridized carbons (Fsp3) is 0.143. The van der Waals surface area contributed by atoms with E-state index in [0.717, 1.165) is 0 Å². The van der Waals surface area contributed by atoms with E-state index in [0.29, 0.717) is 28.6 Å². The second-order valence-electron chi connectivity index (χ2n) is 4.14. The van der Waals surface area contributed by atoms with Crippen LogP contribution in [-0.4, -0.2) is 17.3 Å². The van der Waals surface area contributed by atoms with Gasteiger partial charge in [-0.2, -0.15) is 0 Å². The van der Waals surface area contributed by atoms with Gasteiger partial charge in [0.2, 0.25) is 0 Å². The molecule has 2 rings (SSSR count). The first-order chi connectivity index (χ1) is 9.51. The van der Waals surface area contributed by atoms with Crippen LogP contribution in [-0.2, 0) is 6.54 Å². The average Bonchev–Trinajstić information content (AvgIpc) is 2.41. The summed E-state index contributed by atoms with van der Waals surface area (Å²) in [5.74, 6) is 0.413. The number of phenolic OH excluding ortho intramolecular Hbond substituents is 2. The first kappa shape index (κ1) is 14.6. The minimum atomic E-state index is -0.0127. The molecular weight excluding hydrogens is 301 g/mol. The summed E-state index contributed by atoms with van der Waals surface area (Å²) in [5.41, 5.74) is 1.25. The molecule has 0 amide bonds. The summed E-state index contributed by atoms with van der Waals surface area (Å²) < 4.78 is 4.96. The Labute approximate surface area is 126 Å². The van der Waals surface area contributed by atoms with Crippen LogP contribution in [0.5, 0.6) is 17.2 Å². The molecule has 4 nitrogen and oxygen atoms in total. The zero-order chi connectivity index (χ0) is 14.7. The summed E-state index contributed by atoms with van der Waals surface area (Å²) in [7, 11) is 1.48. The maximum Gasteiger partial charge on any atom is 0.160 e. The van der Waals surface area contributed by atoms with E-state index in [-0.39, 0.29) is 16.5 Å². The van der Waals surface area contributed by atoms with E-state index >= 15 is 0 Å². The lowest BCUT2D eigenvalue weighted by molar-refractivity contribution is 0.373. The van der Waals surface area contributed by atoms with Crippen molar-refractivity contribution >= 4 is 28.9 Å². The fourth-order valence-electron chi connectivity index (χ4n) is 1.75. The van der Waals surface area contributed by atoms with Gasteiger partial charge in [0.1, 0.15) is 5.75 Å². The molecule has 0 fully saturated rings. The topological polar surface area (TPSA) is 61.7 Å². The molecule has 20 heavy (non-hydrogen) atoms. The summed E-state index contributed by atoms with van der Waals surface area (Å²) in [5, 5.41) is 23.2. The molecule has 0 heterocycles. The number of rotatable bonds is 4. The van der Waals surface area contributed by atoms with Crippen molar-refractivity contribution in [3.63, 3.8) is 0 Å². The van der Waals surface area contributed by atoms with Crippen molar-refractivity contribution in [2.45, 2.75) is 6.54 Å². The molecule has 0 aromatic heterocycles. The second-order valence-corrected chi connectivity index (χ2v) is 4.98. The molecule has 2 aromatic rings. The molecule has 0 radical (unpaired) electrons. The van der Waals surface area contributed by atoms with Gasteiger partial charge in [-0.1, -0.05) is 23.2 Å². The Morgan fingerprint density at radius 1 is 1.15 bits per heavy atom. The minimum Gasteiger partial charge on any atom is -0.506 e. The molecule has 0 aliphatic carbocycles. The van der Waals surface area contributed by atoms with E-state index in [1.54, 1.807) is 18.2 Å². The molecule has 2 aromatic carbocycles. The zero-order valence-electron chi connectivity index (χ0n) is 10.7. The predicted octanol–water partition coefficient (Wildman–Crippen LogP) is 4.03. The van der Waals surface area contributed by atoms with Gasteiger partial charge in [-0.25, -0.2) is 0 Å². The lowest BCUT2D eigenvalue weighted by Gasteiger charge is -2.11. The van der Waals surface area contributed by atoms with E-state index in [1.807, 2.05) is 0 Å². The largest absolute Gasteiger partial charge is 0.506 e. The van der Waals surface area contributed by atoms with Gasteiger partial charge < -0.3 is 20.3 Å². The Bertz CT molecular complexity index is 632. The number of halogens is 2. The Morgan fingerprint density at radius 2 is 1.90 bits per heavy atom. The number of phenols is 2. The summed E-state index contributed by atoms with van der Waals surface area (Å²) in [6, 6.07) is 8.02. The van der Waals surface area contributed by atoms with E-state index in [1.165, 1.54) is 19.2 Å². The van der Waals surface area contributed by atoms with Gasteiger partial charge in [-0.3, -0.25) is 0 Å². The molecule has 0 atom stereocenters. The van der Waals surface area contributed by atoms with Crippen molar-refractivity contribution in [1.82, 2.24) is 0 Å². The highest BCUT2D eigenvalue weighted by Gasteiger charge is 2.08. The molecule has 0 spiro atoms. The average molecular weight is 314 g/mol. The Balaban J connectivity index is 2.15. The second kappa shape index (κ2) is 6.11. The normalized spacial score (nSPS) is 10.3. The van der Waals surface area contributed by atoms with E-state index in [4.69, 9.17) is 27.9 Å². The minimum absolute atomic E-state index is 0.0127. The lowest BCUT2D eigenvalue weighted by Crippen LogP contribution is -2.00. The number of ether oxygens (including phenoxy) is 1. The van der Waals surface area contributed by atoms with Crippen LogP contribution in [0, 0.1) is 0 Å². The summed E-state index contributed by atoms with van der Waals surface area (Å²) in [4.78, 5) is 0. The SMILES string of the molecule is COc1ccc(NCc2cc(Cl)cc(Cl)c2O)cc1O. The Kier molecular flexibility index (Phi) is 4.47. The summed E-state index contributed by atoms with van der Waals surface area (Å²) in [6.45, 7) is 0.317. The molecule has 0 unspecified atom stereocenters. The summed E-state index contributed by atoms with van der Waals surface area (Å²) in [6.07, 6.45) is 0. The highest BCUT2D eigenvalue weighted by molar-refractivity contribution is 6.35. The highest BCUT2D eigenvalue weighted by atomic mass is 35.5. The third-order valence-corrected chi connectivity index (χ3v) is 3.28. The monoisotopic (exact) mass is 313 g/mol. The van der Waals surface area contributed by atoms with Crippen molar-refractivity contribution < 1.29 is 14.9 Å². The Hall–Kier alpha value is -1.78. The van der Waals surface area contributed by atoms with E-state index in [2.05, 4.69) is 5.32 Å². The lowest BCUT2D eigenvalue weighted by atomic mass is 10.2. The third kappa shape index (κ3) is 3.21. The van der Waals surface area contributed by atoms with E-state index < -0.39 is 0 Å². The number of aromatic hydroxyl groups is 2. The van der Waals surface area contributed by atoms with Gasteiger partial charge in [0.05, 0.1) is 12.1 Å². The number of methoxy groups -OCH3 is 1. The van der Waals surface area contributed by atoms with Crippen LogP contribution in [0.1, 0.15) is 5.56 Å². The molecule has 3 N–H and O–H groups in total. The molecular formula is C14H13Cl2NO3. The first-order valence-electron chi connectivity index (χ1n) is 5.79. The van der Waals surface area contributed by atoms with Crippen molar-refractivity contribution in [2.75, 3.05) is 12.4 Å². The van der Waals surface area contributed by atoms with Gasteiger partial charge in [0.15, 0.2) is 11.5 Å². The molecule has 0 aliphatic heterocycles. The smallest absolute Gasteiger partial charge is 0.160 e. The quantitative estimate of drug-likeness (QED) is 0.797. The summed E-state index contributed by atoms with van der Waals surface area (Å²) >= 11 is 11.7. The van der Waals surface area contributed by atoms with Crippen molar-refractivity contribution in [2.24, 2.45) is 0 Å². The molecule has 0 bridgehead atoms. The van der Waals surface area contributed by atoms with Gasteiger partial charge in [0.25, 0.3) is 0 Å². The standard InChI is InChI=1S/C14H13Cl2NO3/c1-20-13-3-2-10(6-12(13)18)17-7-8-4-9(15)5-11(16)14(8)19/h2-6,17-19H,7H2,1H3. The predicted molar refractivity (Wildman–Crippen MR) is 80.1 cm³/mol. The van der Waals surface area contributed by atoms with Crippen LogP contribution < -0.4 is 10.1 Å². The number of nitrogens with one attached hydrogen (secondary N) is 1. The van der Waals surface area contributed by atoms with Crippen molar-refractivity contribution in [1.29, 1.82) is 0 Å². The number of hydrogen-bond acceptors (Lipinski definition) is 4. The van der Waals surface area contributed by atoms with Gasteiger partial charge in [-0.05, 0) is 24.3 Å². The van der Waals surface area contributed by atoms with Crippen LogP contribution in [0.4, 0.5) is 5.69 Å². The third-order valence-electron chi connectivity index (χ3n) is 2.77. The van der Waals surface area contributed by atoms with Gasteiger partial charge in [0, 0.05) is 28.9 Å². The Morgan fingerprint density at radius 3 is 2.55 bits per heavy atom. The maximum absolute atomic E-state index is 9.84. The van der Waals surface area contributed by atoms with Crippen molar-refractivity contribution in [3.8, 4) is 17.2 Å². The van der Waals surface area contributed by atoms with Crippen molar-refractivity contribution in [3.05, 3.63) is 45.9 Å². The molecule has 0 saturated carbocycles. The molecule has 0 saturated heterocycles. The van der Waals surface area contributed by atoms with Gasteiger partial charge in [-0.15, -0.1) is 0 Å². The first-order valence-corrected chi connectivity index (χ1v) is 6.54. The highest BCUT2D eigenvalue weighted by Crippen LogP contribution is 2.32. The molecule has 106 valence electrons. The van der Waals surface area contributed by atoms with Crippen LogP contribution >= 0.6 is 23.2 Å². The molecule has 6 heteroatoms.